The maximum atomic E-state index is 13.2. The van der Waals surface area contributed by atoms with Gasteiger partial charge in [-0.2, -0.15) is 4.98 Å². The van der Waals surface area contributed by atoms with Crippen LogP contribution in [0, 0.1) is 5.82 Å². The second-order valence-corrected chi connectivity index (χ2v) is 3.48. The van der Waals surface area contributed by atoms with Crippen LogP contribution in [0.2, 0.25) is 0 Å². The summed E-state index contributed by atoms with van der Waals surface area (Å²) in [6.07, 6.45) is -0.835. The summed E-state index contributed by atoms with van der Waals surface area (Å²) in [5.41, 5.74) is 0.555. The summed E-state index contributed by atoms with van der Waals surface area (Å²) in [4.78, 5) is 3.98. The first-order chi connectivity index (χ1) is 8.11. The lowest BCUT2D eigenvalue weighted by Crippen LogP contribution is -1.91. The first kappa shape index (κ1) is 11.5. The minimum Gasteiger partial charge on any atom is -0.494 e. The Hall–Kier alpha value is -1.95. The number of aliphatic hydroxyl groups is 1. The molecule has 0 saturated carbocycles. The molecule has 0 saturated heterocycles. The van der Waals surface area contributed by atoms with Gasteiger partial charge >= 0.3 is 0 Å². The van der Waals surface area contributed by atoms with Crippen LogP contribution in [0.4, 0.5) is 4.39 Å². The van der Waals surface area contributed by atoms with Crippen LogP contribution < -0.4 is 4.74 Å². The van der Waals surface area contributed by atoms with Crippen LogP contribution in [-0.4, -0.2) is 22.4 Å². The number of aliphatic hydroxyl groups excluding tert-OH is 1. The van der Waals surface area contributed by atoms with Gasteiger partial charge in [-0.1, -0.05) is 5.16 Å². The number of halogens is 1. The Morgan fingerprint density at radius 2 is 2.24 bits per heavy atom. The number of hydrogen-bond donors (Lipinski definition) is 1. The number of hydrogen-bond acceptors (Lipinski definition) is 5. The van der Waals surface area contributed by atoms with Gasteiger partial charge in [0.05, 0.1) is 7.11 Å². The Kier molecular flexibility index (Phi) is 3.06. The van der Waals surface area contributed by atoms with Crippen LogP contribution in [0.1, 0.15) is 18.9 Å². The van der Waals surface area contributed by atoms with Gasteiger partial charge in [-0.05, 0) is 25.1 Å². The van der Waals surface area contributed by atoms with Crippen LogP contribution in [0.15, 0.2) is 22.7 Å². The van der Waals surface area contributed by atoms with Crippen molar-refractivity contribution in [2.75, 3.05) is 7.11 Å². The summed E-state index contributed by atoms with van der Waals surface area (Å²) >= 11 is 0. The second-order valence-electron chi connectivity index (χ2n) is 3.48. The van der Waals surface area contributed by atoms with Gasteiger partial charge in [0.25, 0.3) is 5.89 Å². The van der Waals surface area contributed by atoms with E-state index in [1.165, 1.54) is 32.2 Å². The Balaban J connectivity index is 2.38. The van der Waals surface area contributed by atoms with Gasteiger partial charge in [-0.15, -0.1) is 0 Å². The van der Waals surface area contributed by atoms with Crippen molar-refractivity contribution in [3.8, 4) is 17.1 Å². The molecule has 0 amide bonds. The topological polar surface area (TPSA) is 68.4 Å². The highest BCUT2D eigenvalue weighted by atomic mass is 19.1. The molecule has 0 aliphatic carbocycles. The summed E-state index contributed by atoms with van der Waals surface area (Å²) in [5, 5.41) is 12.9. The van der Waals surface area contributed by atoms with E-state index in [0.717, 1.165) is 0 Å². The zero-order valence-electron chi connectivity index (χ0n) is 9.35. The molecule has 2 rings (SSSR count). The monoisotopic (exact) mass is 238 g/mol. The van der Waals surface area contributed by atoms with Crippen molar-refractivity contribution in [2.24, 2.45) is 0 Å². The molecule has 1 N–H and O–H groups in total. The van der Waals surface area contributed by atoms with Crippen LogP contribution >= 0.6 is 0 Å². The average molecular weight is 238 g/mol. The van der Waals surface area contributed by atoms with Crippen molar-refractivity contribution < 1.29 is 18.8 Å². The SMILES string of the molecule is COc1cc(-c2noc([C@H](C)O)n2)ccc1F. The smallest absolute Gasteiger partial charge is 0.255 e. The molecule has 0 aliphatic heterocycles. The summed E-state index contributed by atoms with van der Waals surface area (Å²) < 4.78 is 22.9. The molecule has 1 heterocycles. The highest BCUT2D eigenvalue weighted by molar-refractivity contribution is 5.57. The van der Waals surface area contributed by atoms with Crippen molar-refractivity contribution >= 4 is 0 Å². The normalized spacial score (nSPS) is 12.5. The Labute approximate surface area is 96.8 Å². The third-order valence-corrected chi connectivity index (χ3v) is 2.21. The first-order valence-electron chi connectivity index (χ1n) is 4.97. The molecule has 1 atom stereocenters. The van der Waals surface area contributed by atoms with Gasteiger partial charge in [0.2, 0.25) is 5.82 Å². The molecule has 0 fully saturated rings. The van der Waals surface area contributed by atoms with Crippen LogP contribution in [0.3, 0.4) is 0 Å². The lowest BCUT2D eigenvalue weighted by molar-refractivity contribution is 0.152. The number of rotatable bonds is 3. The fourth-order valence-corrected chi connectivity index (χ4v) is 1.32. The van der Waals surface area contributed by atoms with E-state index < -0.39 is 11.9 Å². The van der Waals surface area contributed by atoms with Gasteiger partial charge in [-0.3, -0.25) is 0 Å². The summed E-state index contributed by atoms with van der Waals surface area (Å²) in [6.45, 7) is 1.52. The molecule has 0 bridgehead atoms. The fraction of sp³-hybridized carbons (Fsp3) is 0.273. The third-order valence-electron chi connectivity index (χ3n) is 2.21. The highest BCUT2D eigenvalue weighted by Crippen LogP contribution is 2.25. The maximum Gasteiger partial charge on any atom is 0.255 e. The van der Waals surface area contributed by atoms with Crippen LogP contribution in [0.5, 0.6) is 5.75 Å². The summed E-state index contributed by atoms with van der Waals surface area (Å²) in [7, 11) is 1.37. The van der Waals surface area contributed by atoms with E-state index in [9.17, 15) is 9.50 Å². The van der Waals surface area contributed by atoms with E-state index >= 15 is 0 Å². The Morgan fingerprint density at radius 1 is 1.47 bits per heavy atom. The van der Waals surface area contributed by atoms with Gasteiger partial charge in [0, 0.05) is 5.56 Å². The number of benzene rings is 1. The van der Waals surface area contributed by atoms with Crippen molar-refractivity contribution in [1.82, 2.24) is 10.1 Å². The van der Waals surface area contributed by atoms with Gasteiger partial charge in [0.15, 0.2) is 11.6 Å². The molecule has 0 radical (unpaired) electrons. The van der Waals surface area contributed by atoms with Gasteiger partial charge in [-0.25, -0.2) is 4.39 Å². The quantitative estimate of drug-likeness (QED) is 0.884. The largest absolute Gasteiger partial charge is 0.494 e. The predicted octanol–water partition coefficient (Wildman–Crippen LogP) is 1.94. The molecule has 90 valence electrons. The lowest BCUT2D eigenvalue weighted by Gasteiger charge is -2.02. The zero-order valence-corrected chi connectivity index (χ0v) is 9.35. The van der Waals surface area contributed by atoms with E-state index in [1.54, 1.807) is 0 Å². The molecule has 1 aromatic heterocycles. The molecule has 6 heteroatoms. The molecule has 2 aromatic rings. The molecule has 5 nitrogen and oxygen atoms in total. The van der Waals surface area contributed by atoms with Crippen molar-refractivity contribution in [1.29, 1.82) is 0 Å². The van der Waals surface area contributed by atoms with Crippen LogP contribution in [-0.2, 0) is 0 Å². The standard InChI is InChI=1S/C11H11FN2O3/c1-6(15)11-13-10(14-17-11)7-3-4-8(12)9(5-7)16-2/h3-6,15H,1-2H3/t6-/m0/s1. The zero-order chi connectivity index (χ0) is 12.4. The van der Waals surface area contributed by atoms with Crippen molar-refractivity contribution in [2.45, 2.75) is 13.0 Å². The first-order valence-corrected chi connectivity index (χ1v) is 4.97. The molecular formula is C11H11FN2O3. The van der Waals surface area contributed by atoms with E-state index in [0.29, 0.717) is 5.56 Å². The average Bonchev–Trinajstić information content (AvgIpc) is 2.79. The molecular weight excluding hydrogens is 227 g/mol. The number of aromatic nitrogens is 2. The highest BCUT2D eigenvalue weighted by Gasteiger charge is 2.14. The molecule has 0 spiro atoms. The molecule has 1 aromatic carbocycles. The minimum atomic E-state index is -0.835. The molecule has 0 unspecified atom stereocenters. The Bertz CT molecular complexity index is 525. The van der Waals surface area contributed by atoms with E-state index in [-0.39, 0.29) is 17.5 Å². The number of methoxy groups -OCH3 is 1. The minimum absolute atomic E-state index is 0.103. The van der Waals surface area contributed by atoms with Crippen molar-refractivity contribution in [3.63, 3.8) is 0 Å². The van der Waals surface area contributed by atoms with E-state index in [2.05, 4.69) is 10.1 Å². The van der Waals surface area contributed by atoms with Crippen molar-refractivity contribution in [3.05, 3.63) is 29.9 Å². The van der Waals surface area contributed by atoms with E-state index in [1.807, 2.05) is 0 Å². The molecule has 17 heavy (non-hydrogen) atoms. The maximum absolute atomic E-state index is 13.2. The molecule has 0 aliphatic rings. The van der Waals surface area contributed by atoms with Gasteiger partial charge < -0.3 is 14.4 Å². The summed E-state index contributed by atoms with van der Waals surface area (Å²) in [6, 6.07) is 4.23. The fourth-order valence-electron chi connectivity index (χ4n) is 1.32. The number of nitrogens with zero attached hydrogens (tertiary/aromatic N) is 2. The van der Waals surface area contributed by atoms with E-state index in [4.69, 9.17) is 9.26 Å². The lowest BCUT2D eigenvalue weighted by atomic mass is 10.2. The van der Waals surface area contributed by atoms with Gasteiger partial charge in [0.1, 0.15) is 6.10 Å². The second kappa shape index (κ2) is 4.50. The third kappa shape index (κ3) is 2.26. The Morgan fingerprint density at radius 3 is 2.82 bits per heavy atom. The predicted molar refractivity (Wildman–Crippen MR) is 56.9 cm³/mol. The summed E-state index contributed by atoms with van der Waals surface area (Å²) in [5.74, 6) is 0.0314. The number of ether oxygens (including phenoxy) is 1. The van der Waals surface area contributed by atoms with Crippen LogP contribution in [0.25, 0.3) is 11.4 Å².